The molecular formula is C8H19N3O. The molecule has 0 radical (unpaired) electrons. The number of hydrogen-bond donors (Lipinski definition) is 2. The van der Waals surface area contributed by atoms with Gasteiger partial charge < -0.3 is 16.0 Å². The molecule has 0 aromatic rings. The lowest BCUT2D eigenvalue weighted by Crippen LogP contribution is -2.46. The van der Waals surface area contributed by atoms with Gasteiger partial charge in [0.15, 0.2) is 0 Å². The van der Waals surface area contributed by atoms with Crippen LogP contribution in [0.4, 0.5) is 0 Å². The lowest BCUT2D eigenvalue weighted by atomic mass is 10.2. The third kappa shape index (κ3) is 4.31. The van der Waals surface area contributed by atoms with Crippen molar-refractivity contribution < 1.29 is 4.79 Å². The van der Waals surface area contributed by atoms with Crippen LogP contribution in [-0.4, -0.2) is 44.0 Å². The molecule has 0 saturated heterocycles. The van der Waals surface area contributed by atoms with Crippen LogP contribution in [0.5, 0.6) is 0 Å². The summed E-state index contributed by atoms with van der Waals surface area (Å²) >= 11 is 0. The van der Waals surface area contributed by atoms with E-state index >= 15 is 0 Å². The number of primary amides is 1. The summed E-state index contributed by atoms with van der Waals surface area (Å²) in [6, 6.07) is -0.235. The molecule has 0 fully saturated rings. The van der Waals surface area contributed by atoms with Crippen molar-refractivity contribution >= 4 is 5.91 Å². The second-order valence-electron chi connectivity index (χ2n) is 3.01. The third-order valence-corrected chi connectivity index (χ3v) is 1.79. The average Bonchev–Trinajstić information content (AvgIpc) is 2.00. The van der Waals surface area contributed by atoms with Gasteiger partial charge in [-0.2, -0.15) is 0 Å². The highest BCUT2D eigenvalue weighted by Crippen LogP contribution is 1.90. The van der Waals surface area contributed by atoms with E-state index in [4.69, 9.17) is 5.73 Å². The summed E-state index contributed by atoms with van der Waals surface area (Å²) in [6.45, 7) is 3.78. The highest BCUT2D eigenvalue weighted by molar-refractivity contribution is 5.80. The highest BCUT2D eigenvalue weighted by atomic mass is 16.1. The Morgan fingerprint density at radius 3 is 2.58 bits per heavy atom. The molecule has 4 nitrogen and oxygen atoms in total. The van der Waals surface area contributed by atoms with Gasteiger partial charge >= 0.3 is 0 Å². The van der Waals surface area contributed by atoms with Crippen LogP contribution in [0.25, 0.3) is 0 Å². The predicted molar refractivity (Wildman–Crippen MR) is 49.8 cm³/mol. The molecule has 0 spiro atoms. The summed E-state index contributed by atoms with van der Waals surface area (Å²) in [5.41, 5.74) is 5.16. The molecule has 72 valence electrons. The number of carbonyl (C=O) groups excluding carboxylic acids is 1. The summed E-state index contributed by atoms with van der Waals surface area (Å²) in [5, 5.41) is 2.87. The van der Waals surface area contributed by atoms with E-state index in [0.717, 1.165) is 13.0 Å². The molecule has 1 atom stereocenters. The smallest absolute Gasteiger partial charge is 0.235 e. The van der Waals surface area contributed by atoms with Crippen LogP contribution in [0.3, 0.4) is 0 Å². The topological polar surface area (TPSA) is 58.4 Å². The Bertz CT molecular complexity index is 138. The van der Waals surface area contributed by atoms with Crippen molar-refractivity contribution in [3.8, 4) is 0 Å². The summed E-state index contributed by atoms with van der Waals surface area (Å²) < 4.78 is 0. The number of nitrogens with one attached hydrogen (secondary N) is 1. The van der Waals surface area contributed by atoms with Crippen molar-refractivity contribution in [2.24, 2.45) is 5.73 Å². The van der Waals surface area contributed by atoms with E-state index < -0.39 is 0 Å². The monoisotopic (exact) mass is 173 g/mol. The van der Waals surface area contributed by atoms with Crippen molar-refractivity contribution in [1.29, 1.82) is 0 Å². The minimum Gasteiger partial charge on any atom is -0.368 e. The quantitative estimate of drug-likeness (QED) is 0.564. The first-order valence-electron chi connectivity index (χ1n) is 4.27. The third-order valence-electron chi connectivity index (χ3n) is 1.79. The molecule has 0 aliphatic rings. The van der Waals surface area contributed by atoms with Crippen molar-refractivity contribution in [3.63, 3.8) is 0 Å². The van der Waals surface area contributed by atoms with Gasteiger partial charge in [0.05, 0.1) is 6.04 Å². The molecule has 0 aliphatic carbocycles. The Labute approximate surface area is 74.1 Å². The highest BCUT2D eigenvalue weighted by Gasteiger charge is 2.13. The van der Waals surface area contributed by atoms with Gasteiger partial charge in [-0.3, -0.25) is 4.79 Å². The van der Waals surface area contributed by atoms with E-state index in [-0.39, 0.29) is 11.9 Å². The van der Waals surface area contributed by atoms with Gasteiger partial charge in [-0.25, -0.2) is 0 Å². The van der Waals surface area contributed by atoms with Gasteiger partial charge in [-0.15, -0.1) is 0 Å². The second-order valence-corrected chi connectivity index (χ2v) is 3.01. The Balaban J connectivity index is 3.77. The number of hydrogen-bond acceptors (Lipinski definition) is 3. The van der Waals surface area contributed by atoms with E-state index in [1.54, 1.807) is 7.05 Å². The maximum absolute atomic E-state index is 10.8. The van der Waals surface area contributed by atoms with E-state index in [1.807, 2.05) is 7.05 Å². The first kappa shape index (κ1) is 11.4. The Morgan fingerprint density at radius 2 is 2.25 bits per heavy atom. The first-order valence-corrected chi connectivity index (χ1v) is 4.27. The largest absolute Gasteiger partial charge is 0.368 e. The van der Waals surface area contributed by atoms with Crippen molar-refractivity contribution in [3.05, 3.63) is 0 Å². The maximum Gasteiger partial charge on any atom is 0.235 e. The van der Waals surface area contributed by atoms with Crippen LogP contribution in [0.1, 0.15) is 13.3 Å². The van der Waals surface area contributed by atoms with Gasteiger partial charge in [0.2, 0.25) is 5.91 Å². The average molecular weight is 173 g/mol. The lowest BCUT2D eigenvalue weighted by Gasteiger charge is -2.20. The molecule has 0 aliphatic heterocycles. The van der Waals surface area contributed by atoms with Crippen molar-refractivity contribution in [2.45, 2.75) is 19.4 Å². The van der Waals surface area contributed by atoms with Crippen LogP contribution < -0.4 is 11.1 Å². The molecule has 0 bridgehead atoms. The molecule has 3 N–H and O–H groups in total. The normalized spacial score (nSPS) is 13.3. The van der Waals surface area contributed by atoms with Gasteiger partial charge in [0, 0.05) is 6.54 Å². The Morgan fingerprint density at radius 1 is 1.67 bits per heavy atom. The standard InChI is InChI=1S/C8H19N3O/c1-4-5-11(3)6-7(10-2)8(9)12/h7,10H,4-6H2,1-3H3,(H2,9,12). The minimum absolute atomic E-state index is 0.235. The van der Waals surface area contributed by atoms with Crippen LogP contribution >= 0.6 is 0 Å². The van der Waals surface area contributed by atoms with Crippen molar-refractivity contribution in [1.82, 2.24) is 10.2 Å². The van der Waals surface area contributed by atoms with E-state index in [0.29, 0.717) is 6.54 Å². The number of rotatable bonds is 6. The molecule has 0 heterocycles. The fourth-order valence-electron chi connectivity index (χ4n) is 1.11. The van der Waals surface area contributed by atoms with Gasteiger partial charge in [0.1, 0.15) is 0 Å². The Kier molecular flexibility index (Phi) is 5.66. The molecule has 4 heteroatoms. The molecule has 0 aromatic heterocycles. The zero-order valence-corrected chi connectivity index (χ0v) is 8.13. The number of nitrogens with zero attached hydrogens (tertiary/aromatic N) is 1. The van der Waals surface area contributed by atoms with Crippen LogP contribution in [0, 0.1) is 0 Å². The number of amides is 1. The summed E-state index contributed by atoms with van der Waals surface area (Å²) in [6.07, 6.45) is 1.09. The summed E-state index contributed by atoms with van der Waals surface area (Å²) in [7, 11) is 3.73. The fraction of sp³-hybridized carbons (Fsp3) is 0.875. The van der Waals surface area contributed by atoms with E-state index in [9.17, 15) is 4.79 Å². The number of likely N-dealkylation sites (N-methyl/N-ethyl adjacent to an activating group) is 2. The van der Waals surface area contributed by atoms with Crippen LogP contribution in [0.2, 0.25) is 0 Å². The van der Waals surface area contributed by atoms with Crippen LogP contribution in [0.15, 0.2) is 0 Å². The second kappa shape index (κ2) is 5.97. The van der Waals surface area contributed by atoms with E-state index in [2.05, 4.69) is 17.1 Å². The number of nitrogens with two attached hydrogens (primary N) is 1. The summed E-state index contributed by atoms with van der Waals surface area (Å²) in [5.74, 6) is -0.291. The fourth-order valence-corrected chi connectivity index (χ4v) is 1.11. The lowest BCUT2D eigenvalue weighted by molar-refractivity contribution is -0.120. The van der Waals surface area contributed by atoms with Gasteiger partial charge in [-0.05, 0) is 27.1 Å². The predicted octanol–water partition coefficient (Wildman–Crippen LogP) is -0.598. The molecule has 12 heavy (non-hydrogen) atoms. The van der Waals surface area contributed by atoms with Gasteiger partial charge in [0.25, 0.3) is 0 Å². The summed E-state index contributed by atoms with van der Waals surface area (Å²) in [4.78, 5) is 12.9. The number of carbonyl (C=O) groups is 1. The zero-order valence-electron chi connectivity index (χ0n) is 8.13. The molecule has 0 rings (SSSR count). The molecule has 0 saturated carbocycles. The maximum atomic E-state index is 10.8. The SMILES string of the molecule is CCCN(C)CC(NC)C(N)=O. The zero-order chi connectivity index (χ0) is 9.56. The van der Waals surface area contributed by atoms with Crippen molar-refractivity contribution in [2.75, 3.05) is 27.2 Å². The molecule has 1 amide bonds. The van der Waals surface area contributed by atoms with E-state index in [1.165, 1.54) is 0 Å². The molecule has 1 unspecified atom stereocenters. The molecule has 0 aromatic carbocycles. The van der Waals surface area contributed by atoms with Crippen LogP contribution in [-0.2, 0) is 4.79 Å². The minimum atomic E-state index is -0.291. The Hall–Kier alpha value is -0.610. The molecular weight excluding hydrogens is 154 g/mol. The first-order chi connectivity index (χ1) is 5.61. The van der Waals surface area contributed by atoms with Gasteiger partial charge in [-0.1, -0.05) is 6.92 Å².